The van der Waals surface area contributed by atoms with Crippen LogP contribution in [-0.2, 0) is 0 Å². The van der Waals surface area contributed by atoms with Gasteiger partial charge in [-0.25, -0.2) is 0 Å². The van der Waals surface area contributed by atoms with Crippen molar-refractivity contribution in [1.82, 2.24) is 0 Å². The predicted molar refractivity (Wildman–Crippen MR) is 252 cm³/mol. The number of hydrogen-bond donors (Lipinski definition) is 0. The molecule has 12 rings (SSSR count). The van der Waals surface area contributed by atoms with Crippen LogP contribution < -0.4 is 10.4 Å². The molecule has 3 aliphatic carbocycles. The molecule has 276 valence electrons. The first-order valence-corrected chi connectivity index (χ1v) is 24.1. The second-order valence-electron chi connectivity index (χ2n) is 17.5. The number of fused-ring (bicyclic) bond motifs is 7. The van der Waals surface area contributed by atoms with Gasteiger partial charge in [-0.1, -0.05) is 183 Å². The lowest BCUT2D eigenvalue weighted by Crippen LogP contribution is -2.49. The Morgan fingerprint density at radius 2 is 1.12 bits per heavy atom. The molecule has 1 aliphatic heterocycles. The molecule has 4 aliphatic rings. The van der Waals surface area contributed by atoms with E-state index in [1.807, 2.05) is 0 Å². The van der Waals surface area contributed by atoms with Crippen LogP contribution in [0.1, 0.15) is 24.8 Å². The van der Waals surface area contributed by atoms with Gasteiger partial charge in [-0.3, -0.25) is 0 Å². The molecule has 0 saturated heterocycles. The van der Waals surface area contributed by atoms with Crippen LogP contribution in [0.15, 0.2) is 193 Å². The Hall–Kier alpha value is -6.28. The largest absolute Gasteiger partial charge is 0.113 e. The molecule has 2 unspecified atom stereocenters. The highest BCUT2D eigenvalue weighted by atomic mass is 28.3. The molecule has 0 aromatic heterocycles. The zero-order valence-electron chi connectivity index (χ0n) is 33.1. The van der Waals surface area contributed by atoms with Gasteiger partial charge < -0.3 is 0 Å². The highest BCUT2D eigenvalue weighted by Crippen LogP contribution is 2.52. The van der Waals surface area contributed by atoms with E-state index < -0.39 is 8.07 Å². The highest BCUT2D eigenvalue weighted by molar-refractivity contribution is 7.04. The fourth-order valence-corrected chi connectivity index (χ4v) is 13.9. The molecular formula is C57H44Si. The van der Waals surface area contributed by atoms with Gasteiger partial charge in [0.15, 0.2) is 0 Å². The van der Waals surface area contributed by atoms with Gasteiger partial charge in [-0.15, -0.1) is 0 Å². The minimum Gasteiger partial charge on any atom is -0.0808 e. The number of hydrogen-bond acceptors (Lipinski definition) is 0. The molecular weight excluding hydrogens is 713 g/mol. The molecule has 1 saturated carbocycles. The minimum atomic E-state index is -1.96. The van der Waals surface area contributed by atoms with Crippen LogP contribution in [0.5, 0.6) is 0 Å². The van der Waals surface area contributed by atoms with Crippen molar-refractivity contribution in [2.24, 2.45) is 11.8 Å². The van der Waals surface area contributed by atoms with Gasteiger partial charge in [0.05, 0.1) is 0 Å². The van der Waals surface area contributed by atoms with Crippen molar-refractivity contribution in [3.63, 3.8) is 0 Å². The smallest absolute Gasteiger partial charge is 0.0808 e. The maximum Gasteiger partial charge on any atom is 0.113 e. The van der Waals surface area contributed by atoms with Crippen molar-refractivity contribution in [3.8, 4) is 44.5 Å². The van der Waals surface area contributed by atoms with Crippen LogP contribution in [0.25, 0.3) is 82.4 Å². The van der Waals surface area contributed by atoms with Gasteiger partial charge in [0.1, 0.15) is 8.07 Å². The maximum atomic E-state index is 2.64. The van der Waals surface area contributed by atoms with E-state index in [9.17, 15) is 0 Å². The summed E-state index contributed by atoms with van der Waals surface area (Å²) in [7, 11) is -1.96. The van der Waals surface area contributed by atoms with Crippen LogP contribution in [-0.4, -0.2) is 8.07 Å². The number of rotatable bonds is 5. The van der Waals surface area contributed by atoms with Crippen LogP contribution in [0.2, 0.25) is 13.1 Å². The fraction of sp³-hybridized carbons (Fsp3) is 0.123. The molecule has 58 heavy (non-hydrogen) atoms. The van der Waals surface area contributed by atoms with E-state index in [-0.39, 0.29) is 0 Å². The van der Waals surface area contributed by atoms with Crippen LogP contribution in [0.4, 0.5) is 0 Å². The second kappa shape index (κ2) is 12.9. The third kappa shape index (κ3) is 5.19. The Morgan fingerprint density at radius 1 is 0.448 bits per heavy atom. The monoisotopic (exact) mass is 756 g/mol. The summed E-state index contributed by atoms with van der Waals surface area (Å²) in [6, 6.07) is 57.6. The third-order valence-corrected chi connectivity index (χ3v) is 17.5. The molecule has 2 atom stereocenters. The van der Waals surface area contributed by atoms with Gasteiger partial charge in [-0.05, 0) is 153 Å². The van der Waals surface area contributed by atoms with E-state index in [1.54, 1.807) is 15.9 Å². The van der Waals surface area contributed by atoms with E-state index in [4.69, 9.17) is 0 Å². The van der Waals surface area contributed by atoms with E-state index in [0.29, 0.717) is 0 Å². The van der Waals surface area contributed by atoms with Crippen LogP contribution in [0.3, 0.4) is 0 Å². The average molecular weight is 757 g/mol. The summed E-state index contributed by atoms with van der Waals surface area (Å²) in [6.07, 6.45) is 15.5. The first kappa shape index (κ1) is 33.8. The van der Waals surface area contributed by atoms with Crippen molar-refractivity contribution in [3.05, 3.63) is 199 Å². The standard InChI is InChI=1S/C57H44Si/c1-58(2)54-21-9-8-18-47(54)50-34-52-53(35-55(50)58)57(41-26-22-37(23-27-41)36-12-4-3-5-13-36)51-33-43(46-20-10-15-38-14-6-7-17-44(38)46)30-31-48(51)56(52)40-28-24-39(25-29-40)45-19-11-16-42-32-49(42)45/h3-24,26-28,30-31,33-35,42,49H,25,29,32H2,1-2H3. The molecule has 1 fully saturated rings. The molecule has 8 aromatic rings. The molecule has 8 aromatic carbocycles. The van der Waals surface area contributed by atoms with Gasteiger partial charge >= 0.3 is 0 Å². The lowest BCUT2D eigenvalue weighted by atomic mass is 9.80. The van der Waals surface area contributed by atoms with Gasteiger partial charge in [0.2, 0.25) is 0 Å². The summed E-state index contributed by atoms with van der Waals surface area (Å²) >= 11 is 0. The molecule has 0 radical (unpaired) electrons. The molecule has 0 N–H and O–H groups in total. The molecule has 0 bridgehead atoms. The Labute approximate surface area is 342 Å². The summed E-state index contributed by atoms with van der Waals surface area (Å²) in [4.78, 5) is 0. The maximum absolute atomic E-state index is 2.64. The summed E-state index contributed by atoms with van der Waals surface area (Å²) in [5.41, 5.74) is 16.5. The first-order valence-electron chi connectivity index (χ1n) is 21.1. The van der Waals surface area contributed by atoms with Crippen LogP contribution in [0, 0.1) is 11.8 Å². The normalized spacial score (nSPS) is 18.7. The Balaban J connectivity index is 1.17. The van der Waals surface area contributed by atoms with E-state index in [0.717, 1.165) is 24.7 Å². The molecule has 0 nitrogen and oxygen atoms in total. The zero-order chi connectivity index (χ0) is 38.5. The van der Waals surface area contributed by atoms with Crippen molar-refractivity contribution in [2.45, 2.75) is 32.4 Å². The fourth-order valence-electron chi connectivity index (χ4n) is 10.8. The van der Waals surface area contributed by atoms with Gasteiger partial charge in [0.25, 0.3) is 0 Å². The van der Waals surface area contributed by atoms with Crippen molar-refractivity contribution in [1.29, 1.82) is 0 Å². The summed E-state index contributed by atoms with van der Waals surface area (Å²) in [5, 5.41) is 11.1. The van der Waals surface area contributed by atoms with Crippen molar-refractivity contribution >= 4 is 56.3 Å². The quantitative estimate of drug-likeness (QED) is 0.121. The van der Waals surface area contributed by atoms with Crippen LogP contribution >= 0.6 is 0 Å². The summed E-state index contributed by atoms with van der Waals surface area (Å²) < 4.78 is 0. The Morgan fingerprint density at radius 3 is 1.98 bits per heavy atom. The molecule has 1 heteroatoms. The topological polar surface area (TPSA) is 0 Å². The second-order valence-corrected chi connectivity index (χ2v) is 21.8. The van der Waals surface area contributed by atoms with E-state index in [1.165, 1.54) is 100.0 Å². The minimum absolute atomic E-state index is 0.725. The lowest BCUT2D eigenvalue weighted by Gasteiger charge is -2.25. The van der Waals surface area contributed by atoms with E-state index >= 15 is 0 Å². The number of allylic oxidation sites excluding steroid dienone is 8. The lowest BCUT2D eigenvalue weighted by molar-refractivity contribution is 0.872. The summed E-state index contributed by atoms with van der Waals surface area (Å²) in [6.45, 7) is 5.10. The molecule has 0 spiro atoms. The Kier molecular flexibility index (Phi) is 7.50. The molecule has 0 amide bonds. The first-order chi connectivity index (χ1) is 28.5. The summed E-state index contributed by atoms with van der Waals surface area (Å²) in [5.74, 6) is 1.48. The van der Waals surface area contributed by atoms with Crippen molar-refractivity contribution in [2.75, 3.05) is 0 Å². The Bertz CT molecular complexity index is 3150. The van der Waals surface area contributed by atoms with Gasteiger partial charge in [0, 0.05) is 0 Å². The molecule has 1 heterocycles. The average Bonchev–Trinajstić information content (AvgIpc) is 4.05. The zero-order valence-corrected chi connectivity index (χ0v) is 34.1. The van der Waals surface area contributed by atoms with Crippen molar-refractivity contribution < 1.29 is 0 Å². The highest BCUT2D eigenvalue weighted by Gasteiger charge is 2.41. The SMILES string of the molecule is C[Si]1(C)c2ccccc2-c2cc3c(C4=CC=C(C5=CC=CC6CC56)CC4)c4ccc(-c5cccc6ccccc56)cc4c(-c4ccc(-c5ccccc5)cc4)c3cc21. The number of benzene rings is 8. The van der Waals surface area contributed by atoms with Gasteiger partial charge in [-0.2, -0.15) is 0 Å². The predicted octanol–water partition coefficient (Wildman–Crippen LogP) is 14.2. The third-order valence-electron chi connectivity index (χ3n) is 13.9. The van der Waals surface area contributed by atoms with E-state index in [2.05, 4.69) is 195 Å².